The summed E-state index contributed by atoms with van der Waals surface area (Å²) in [5.74, 6) is 1.45. The molecule has 0 aromatic heterocycles. The molecule has 1 aliphatic carbocycles. The van der Waals surface area contributed by atoms with E-state index in [1.807, 2.05) is 77.7 Å². The molecule has 2 aliphatic heterocycles. The third kappa shape index (κ3) is 4.32. The van der Waals surface area contributed by atoms with E-state index < -0.39 is 5.54 Å². The molecule has 38 heavy (non-hydrogen) atoms. The molecule has 0 bridgehead atoms. The molecule has 2 atom stereocenters. The van der Waals surface area contributed by atoms with Crippen molar-refractivity contribution in [1.82, 2.24) is 0 Å². The first-order valence-electron chi connectivity index (χ1n) is 12.8. The summed E-state index contributed by atoms with van der Waals surface area (Å²) in [4.78, 5) is 16.1. The Morgan fingerprint density at radius 2 is 1.68 bits per heavy atom. The van der Waals surface area contributed by atoms with Gasteiger partial charge in [-0.1, -0.05) is 60.7 Å². The number of benzene rings is 3. The second-order valence-electron chi connectivity index (χ2n) is 9.41. The Morgan fingerprint density at radius 3 is 2.45 bits per heavy atom. The Balaban J connectivity index is 1.52. The number of para-hydroxylation sites is 1. The van der Waals surface area contributed by atoms with E-state index in [1.165, 1.54) is 0 Å². The molecule has 2 heterocycles. The number of nitrogens with zero attached hydrogens (tertiary/aromatic N) is 1. The number of amides is 1. The van der Waals surface area contributed by atoms with E-state index in [9.17, 15) is 4.79 Å². The van der Waals surface area contributed by atoms with Crippen LogP contribution in [0.2, 0.25) is 0 Å². The van der Waals surface area contributed by atoms with Crippen molar-refractivity contribution in [3.63, 3.8) is 0 Å². The van der Waals surface area contributed by atoms with Crippen LogP contribution in [0.25, 0.3) is 0 Å². The molecule has 1 fully saturated rings. The van der Waals surface area contributed by atoms with Gasteiger partial charge in [0.15, 0.2) is 6.79 Å². The number of epoxide rings is 1. The number of fused-ring (bicyclic) bond motifs is 1. The summed E-state index contributed by atoms with van der Waals surface area (Å²) in [6, 6.07) is 25.8. The van der Waals surface area contributed by atoms with Crippen molar-refractivity contribution < 1.29 is 23.7 Å². The molecule has 6 heteroatoms. The number of anilines is 1. The first-order chi connectivity index (χ1) is 18.7. The molecule has 0 saturated carbocycles. The van der Waals surface area contributed by atoms with Gasteiger partial charge >= 0.3 is 0 Å². The zero-order chi connectivity index (χ0) is 26.0. The smallest absolute Gasteiger partial charge is 0.260 e. The van der Waals surface area contributed by atoms with Crippen LogP contribution in [0.5, 0.6) is 5.75 Å². The molecule has 0 spiro atoms. The molecule has 1 amide bonds. The fourth-order valence-electron chi connectivity index (χ4n) is 5.26. The first-order valence-corrected chi connectivity index (χ1v) is 12.8. The minimum atomic E-state index is -0.895. The SMILES string of the molecule is COCOC1=CCC=C(C2(c3ccc(OCC4CO4)cc3)c3ccccc3C(=O)N2c2ccccc2)C=C1. The van der Waals surface area contributed by atoms with Gasteiger partial charge in [0.2, 0.25) is 0 Å². The molecule has 1 saturated heterocycles. The van der Waals surface area contributed by atoms with Gasteiger partial charge < -0.3 is 18.9 Å². The van der Waals surface area contributed by atoms with Crippen LogP contribution in [0.3, 0.4) is 0 Å². The van der Waals surface area contributed by atoms with Crippen molar-refractivity contribution >= 4 is 11.6 Å². The van der Waals surface area contributed by atoms with Crippen molar-refractivity contribution in [2.45, 2.75) is 18.1 Å². The molecule has 0 N–H and O–H groups in total. The minimum absolute atomic E-state index is 0.0413. The summed E-state index contributed by atoms with van der Waals surface area (Å²) in [5.41, 5.74) is 3.49. The zero-order valence-corrected chi connectivity index (χ0v) is 21.2. The maximum atomic E-state index is 14.2. The quantitative estimate of drug-likeness (QED) is 0.272. The Labute approximate surface area is 222 Å². The normalized spacial score (nSPS) is 21.9. The highest BCUT2D eigenvalue weighted by atomic mass is 16.7. The van der Waals surface area contributed by atoms with Crippen molar-refractivity contribution in [3.8, 4) is 5.75 Å². The lowest BCUT2D eigenvalue weighted by Gasteiger charge is -2.41. The van der Waals surface area contributed by atoms with E-state index in [1.54, 1.807) is 7.11 Å². The maximum absolute atomic E-state index is 14.2. The molecular weight excluding hydrogens is 478 g/mol. The van der Waals surface area contributed by atoms with Crippen LogP contribution >= 0.6 is 0 Å². The number of rotatable bonds is 9. The number of ether oxygens (including phenoxy) is 4. The standard InChI is InChI=1S/C32H29NO5/c1-35-22-38-26-11-7-8-23(14-17-26)32(24-15-18-27(19-16-24)36-20-28-21-37-28)30-13-6-5-12-29(30)31(34)33(32)25-9-3-2-4-10-25/h2-6,8-19,28H,7,20-22H2,1H3. The lowest BCUT2D eigenvalue weighted by molar-refractivity contribution is 0.00985. The second kappa shape index (κ2) is 10.3. The van der Waals surface area contributed by atoms with Crippen LogP contribution in [-0.2, 0) is 19.7 Å². The minimum Gasteiger partial charge on any atom is -0.491 e. The van der Waals surface area contributed by atoms with Crippen LogP contribution in [0.15, 0.2) is 114 Å². The predicted molar refractivity (Wildman–Crippen MR) is 145 cm³/mol. The van der Waals surface area contributed by atoms with Crippen molar-refractivity contribution in [2.75, 3.05) is 32.0 Å². The van der Waals surface area contributed by atoms with Crippen LogP contribution in [-0.4, -0.2) is 39.1 Å². The van der Waals surface area contributed by atoms with E-state index >= 15 is 0 Å². The van der Waals surface area contributed by atoms with E-state index in [0.717, 1.165) is 40.5 Å². The Kier molecular flexibility index (Phi) is 6.58. The number of carbonyl (C=O) groups excluding carboxylic acids is 1. The van der Waals surface area contributed by atoms with E-state index in [2.05, 4.69) is 30.4 Å². The van der Waals surface area contributed by atoms with E-state index in [-0.39, 0.29) is 18.8 Å². The fourth-order valence-corrected chi connectivity index (χ4v) is 5.26. The van der Waals surface area contributed by atoms with Gasteiger partial charge in [0.05, 0.1) is 6.61 Å². The third-order valence-electron chi connectivity index (χ3n) is 7.06. The third-order valence-corrected chi connectivity index (χ3v) is 7.06. The highest BCUT2D eigenvalue weighted by Gasteiger charge is 2.53. The Morgan fingerprint density at radius 1 is 0.921 bits per heavy atom. The van der Waals surface area contributed by atoms with Crippen LogP contribution in [0.4, 0.5) is 5.69 Å². The van der Waals surface area contributed by atoms with Crippen LogP contribution in [0.1, 0.15) is 27.9 Å². The average Bonchev–Trinajstić information content (AvgIpc) is 3.79. The Bertz CT molecular complexity index is 1410. The summed E-state index contributed by atoms with van der Waals surface area (Å²) in [6.45, 7) is 1.45. The Hall–Kier alpha value is -4.13. The van der Waals surface area contributed by atoms with Gasteiger partial charge in [0.1, 0.15) is 29.8 Å². The number of allylic oxidation sites excluding steroid dienone is 3. The predicted octanol–water partition coefficient (Wildman–Crippen LogP) is 5.76. The molecule has 6 rings (SSSR count). The molecular formula is C32H29NO5. The molecule has 192 valence electrons. The number of methoxy groups -OCH3 is 1. The number of hydrogen-bond donors (Lipinski definition) is 0. The van der Waals surface area contributed by atoms with Crippen LogP contribution in [0, 0.1) is 0 Å². The van der Waals surface area contributed by atoms with Gasteiger partial charge in [-0.25, -0.2) is 0 Å². The summed E-state index contributed by atoms with van der Waals surface area (Å²) in [7, 11) is 1.60. The molecule has 3 aromatic rings. The summed E-state index contributed by atoms with van der Waals surface area (Å²) < 4.78 is 22.1. The fraction of sp³-hybridized carbons (Fsp3) is 0.219. The zero-order valence-electron chi connectivity index (χ0n) is 21.2. The molecule has 3 aromatic carbocycles. The second-order valence-corrected chi connectivity index (χ2v) is 9.41. The van der Waals surface area contributed by atoms with Gasteiger partial charge in [-0.05, 0) is 65.6 Å². The maximum Gasteiger partial charge on any atom is 0.260 e. The largest absolute Gasteiger partial charge is 0.491 e. The first kappa shape index (κ1) is 24.2. The van der Waals surface area contributed by atoms with Crippen LogP contribution < -0.4 is 9.64 Å². The van der Waals surface area contributed by atoms with Crippen molar-refractivity contribution in [1.29, 1.82) is 0 Å². The van der Waals surface area contributed by atoms with Gasteiger partial charge in [0, 0.05) is 18.4 Å². The van der Waals surface area contributed by atoms with Gasteiger partial charge in [0.25, 0.3) is 5.91 Å². The van der Waals surface area contributed by atoms with Gasteiger partial charge in [-0.3, -0.25) is 9.69 Å². The van der Waals surface area contributed by atoms with Gasteiger partial charge in [-0.15, -0.1) is 0 Å². The van der Waals surface area contributed by atoms with Crippen molar-refractivity contribution in [3.05, 3.63) is 131 Å². The molecule has 0 radical (unpaired) electrons. The highest BCUT2D eigenvalue weighted by Crippen LogP contribution is 2.52. The molecule has 3 aliphatic rings. The van der Waals surface area contributed by atoms with Crippen molar-refractivity contribution in [2.24, 2.45) is 0 Å². The molecule has 2 unspecified atom stereocenters. The van der Waals surface area contributed by atoms with E-state index in [0.29, 0.717) is 18.6 Å². The highest BCUT2D eigenvalue weighted by molar-refractivity contribution is 6.14. The topological polar surface area (TPSA) is 60.5 Å². The summed E-state index contributed by atoms with van der Waals surface area (Å²) in [6.07, 6.45) is 9.00. The summed E-state index contributed by atoms with van der Waals surface area (Å²) >= 11 is 0. The lowest BCUT2D eigenvalue weighted by atomic mass is 9.75. The summed E-state index contributed by atoms with van der Waals surface area (Å²) in [5, 5.41) is 0. The molecule has 6 nitrogen and oxygen atoms in total. The monoisotopic (exact) mass is 507 g/mol. The average molecular weight is 508 g/mol. The van der Waals surface area contributed by atoms with E-state index in [4.69, 9.17) is 18.9 Å². The lowest BCUT2D eigenvalue weighted by Crippen LogP contribution is -2.46. The van der Waals surface area contributed by atoms with Gasteiger partial charge in [-0.2, -0.15) is 0 Å². The number of hydrogen-bond acceptors (Lipinski definition) is 5. The number of carbonyl (C=O) groups is 1.